The molecule has 5 heteroatoms. The van der Waals surface area contributed by atoms with Gasteiger partial charge in [-0.3, -0.25) is 10.3 Å². The third-order valence-electron chi connectivity index (χ3n) is 3.03. The fourth-order valence-corrected chi connectivity index (χ4v) is 2.09. The van der Waals surface area contributed by atoms with Crippen molar-refractivity contribution in [2.75, 3.05) is 5.32 Å². The van der Waals surface area contributed by atoms with Crippen molar-refractivity contribution in [3.8, 4) is 0 Å². The Labute approximate surface area is 137 Å². The minimum absolute atomic E-state index is 0.490. The van der Waals surface area contributed by atoms with Crippen molar-refractivity contribution in [2.24, 2.45) is 0 Å². The van der Waals surface area contributed by atoms with Crippen molar-refractivity contribution in [3.63, 3.8) is 0 Å². The third kappa shape index (κ3) is 6.46. The Hall–Kier alpha value is -2.43. The summed E-state index contributed by atoms with van der Waals surface area (Å²) in [6.45, 7) is 5.48. The Morgan fingerprint density at radius 1 is 1.09 bits per heavy atom. The number of aromatic nitrogens is 2. The predicted octanol–water partition coefficient (Wildman–Crippen LogP) is 4.00. The van der Waals surface area contributed by atoms with E-state index in [0.29, 0.717) is 5.82 Å². The molecule has 23 heavy (non-hydrogen) atoms. The molecule has 0 aliphatic heterocycles. The third-order valence-corrected chi connectivity index (χ3v) is 3.03. The van der Waals surface area contributed by atoms with E-state index >= 15 is 0 Å². The predicted molar refractivity (Wildman–Crippen MR) is 90.4 cm³/mol. The number of nitrogens with zero attached hydrogens (tertiary/aromatic N) is 2. The second-order valence-corrected chi connectivity index (χ2v) is 6.32. The number of anilines is 1. The summed E-state index contributed by atoms with van der Waals surface area (Å²) in [4.78, 5) is 20.5. The number of aryl methyl sites for hydroxylation is 2. The highest BCUT2D eigenvalue weighted by Crippen LogP contribution is 2.12. The van der Waals surface area contributed by atoms with Crippen LogP contribution in [0.25, 0.3) is 0 Å². The van der Waals surface area contributed by atoms with Gasteiger partial charge in [-0.15, -0.1) is 0 Å². The average molecular weight is 313 g/mol. The molecular weight excluding hydrogens is 290 g/mol. The zero-order valence-corrected chi connectivity index (χ0v) is 13.9. The van der Waals surface area contributed by atoms with Crippen LogP contribution in [0.15, 0.2) is 42.6 Å². The number of nitrogens with one attached hydrogen (secondary N) is 1. The largest absolute Gasteiger partial charge is 0.444 e. The van der Waals surface area contributed by atoms with E-state index in [-0.39, 0.29) is 0 Å². The van der Waals surface area contributed by atoms with Crippen LogP contribution >= 0.6 is 0 Å². The van der Waals surface area contributed by atoms with Gasteiger partial charge in [0.2, 0.25) is 0 Å². The summed E-state index contributed by atoms with van der Waals surface area (Å²) in [7, 11) is 0. The maximum Gasteiger partial charge on any atom is 0.413 e. The van der Waals surface area contributed by atoms with Gasteiger partial charge in [0.1, 0.15) is 11.4 Å². The molecule has 5 nitrogen and oxygen atoms in total. The lowest BCUT2D eigenvalue weighted by atomic mass is 10.1. The van der Waals surface area contributed by atoms with Gasteiger partial charge in [-0.2, -0.15) is 0 Å². The van der Waals surface area contributed by atoms with E-state index < -0.39 is 11.7 Å². The molecule has 1 amide bonds. The molecular formula is C18H23N3O2. The second kappa shape index (κ2) is 7.72. The zero-order valence-electron chi connectivity index (χ0n) is 13.9. The van der Waals surface area contributed by atoms with Crippen molar-refractivity contribution in [1.82, 2.24) is 9.97 Å². The zero-order chi connectivity index (χ0) is 16.7. The number of hydrogen-bond donors (Lipinski definition) is 1. The molecule has 2 aromatic heterocycles. The number of amides is 1. The fourth-order valence-electron chi connectivity index (χ4n) is 2.09. The SMILES string of the molecule is CC(C)(C)OC(=O)Nc1cccc(CCCc2ccccn2)n1. The monoisotopic (exact) mass is 313 g/mol. The molecule has 0 radical (unpaired) electrons. The number of carbonyl (C=O) groups is 1. The van der Waals surface area contributed by atoms with Crippen molar-refractivity contribution in [1.29, 1.82) is 0 Å². The van der Waals surface area contributed by atoms with Gasteiger partial charge in [0.15, 0.2) is 0 Å². The van der Waals surface area contributed by atoms with Gasteiger partial charge in [-0.05, 0) is 64.3 Å². The van der Waals surface area contributed by atoms with E-state index in [1.165, 1.54) is 0 Å². The first kappa shape index (κ1) is 16.9. The van der Waals surface area contributed by atoms with Crippen LogP contribution in [0.2, 0.25) is 0 Å². The molecule has 0 bridgehead atoms. The Kier molecular flexibility index (Phi) is 5.68. The molecule has 0 aromatic carbocycles. The summed E-state index contributed by atoms with van der Waals surface area (Å²) in [6.07, 6.45) is 4.02. The minimum Gasteiger partial charge on any atom is -0.444 e. The van der Waals surface area contributed by atoms with Crippen molar-refractivity contribution in [3.05, 3.63) is 54.0 Å². The first-order chi connectivity index (χ1) is 10.9. The normalized spacial score (nSPS) is 11.1. The van der Waals surface area contributed by atoms with Crippen molar-refractivity contribution >= 4 is 11.9 Å². The van der Waals surface area contributed by atoms with Gasteiger partial charge >= 0.3 is 6.09 Å². The molecule has 0 atom stereocenters. The molecule has 0 saturated heterocycles. The molecule has 0 spiro atoms. The van der Waals surface area contributed by atoms with Crippen LogP contribution < -0.4 is 5.32 Å². The number of hydrogen-bond acceptors (Lipinski definition) is 4. The highest BCUT2D eigenvalue weighted by molar-refractivity contribution is 5.83. The van der Waals surface area contributed by atoms with Gasteiger partial charge in [0, 0.05) is 17.6 Å². The highest BCUT2D eigenvalue weighted by Gasteiger charge is 2.16. The van der Waals surface area contributed by atoms with Crippen molar-refractivity contribution in [2.45, 2.75) is 45.6 Å². The highest BCUT2D eigenvalue weighted by atomic mass is 16.6. The first-order valence-electron chi connectivity index (χ1n) is 7.78. The van der Waals surface area contributed by atoms with Gasteiger partial charge in [-0.25, -0.2) is 9.78 Å². The van der Waals surface area contributed by atoms with Crippen LogP contribution in [-0.4, -0.2) is 21.7 Å². The summed E-state index contributed by atoms with van der Waals surface area (Å²) in [5, 5.41) is 2.66. The molecule has 2 rings (SSSR count). The standard InChI is InChI=1S/C18H23N3O2/c1-18(2,3)23-17(22)21-16-12-7-11-15(20-16)10-6-9-14-8-4-5-13-19-14/h4-5,7-8,11-13H,6,9-10H2,1-3H3,(H,20,21,22). The van der Waals surface area contributed by atoms with Gasteiger partial charge < -0.3 is 4.74 Å². The summed E-state index contributed by atoms with van der Waals surface area (Å²) in [5.74, 6) is 0.509. The van der Waals surface area contributed by atoms with E-state index in [1.807, 2.05) is 51.1 Å². The van der Waals surface area contributed by atoms with Crippen LogP contribution in [0.5, 0.6) is 0 Å². The quantitative estimate of drug-likeness (QED) is 0.906. The van der Waals surface area contributed by atoms with Crippen LogP contribution in [0.1, 0.15) is 38.6 Å². The van der Waals surface area contributed by atoms with E-state index in [1.54, 1.807) is 12.3 Å². The van der Waals surface area contributed by atoms with Crippen molar-refractivity contribution < 1.29 is 9.53 Å². The topological polar surface area (TPSA) is 64.1 Å². The van der Waals surface area contributed by atoms with Gasteiger partial charge in [-0.1, -0.05) is 12.1 Å². The number of rotatable bonds is 5. The second-order valence-electron chi connectivity index (χ2n) is 6.32. The van der Waals surface area contributed by atoms with Crippen LogP contribution in [-0.2, 0) is 17.6 Å². The summed E-state index contributed by atoms with van der Waals surface area (Å²) >= 11 is 0. The number of carbonyl (C=O) groups excluding carboxylic acids is 1. The average Bonchev–Trinajstić information content (AvgIpc) is 2.46. The number of ether oxygens (including phenoxy) is 1. The summed E-state index contributed by atoms with van der Waals surface area (Å²) < 4.78 is 5.22. The molecule has 1 N–H and O–H groups in total. The Morgan fingerprint density at radius 2 is 1.83 bits per heavy atom. The minimum atomic E-state index is -0.523. The molecule has 0 fully saturated rings. The fraction of sp³-hybridized carbons (Fsp3) is 0.389. The molecule has 0 saturated carbocycles. The number of pyridine rings is 2. The smallest absolute Gasteiger partial charge is 0.413 e. The Morgan fingerprint density at radius 3 is 2.52 bits per heavy atom. The first-order valence-corrected chi connectivity index (χ1v) is 7.78. The Bertz CT molecular complexity index is 636. The molecule has 2 heterocycles. The maximum atomic E-state index is 11.8. The molecule has 2 aromatic rings. The lowest BCUT2D eigenvalue weighted by Crippen LogP contribution is -2.27. The molecule has 0 unspecified atom stereocenters. The van der Waals surface area contributed by atoms with E-state index in [0.717, 1.165) is 30.7 Å². The lowest BCUT2D eigenvalue weighted by Gasteiger charge is -2.19. The summed E-state index contributed by atoms with van der Waals surface area (Å²) in [5.41, 5.74) is 1.50. The van der Waals surface area contributed by atoms with Crippen LogP contribution in [0, 0.1) is 0 Å². The molecule has 0 aliphatic carbocycles. The van der Waals surface area contributed by atoms with Crippen LogP contribution in [0.3, 0.4) is 0 Å². The lowest BCUT2D eigenvalue weighted by molar-refractivity contribution is 0.0635. The van der Waals surface area contributed by atoms with E-state index in [2.05, 4.69) is 15.3 Å². The summed E-state index contributed by atoms with van der Waals surface area (Å²) in [6, 6.07) is 11.5. The van der Waals surface area contributed by atoms with E-state index in [9.17, 15) is 4.79 Å². The Balaban J connectivity index is 1.86. The maximum absolute atomic E-state index is 11.8. The molecule has 0 aliphatic rings. The van der Waals surface area contributed by atoms with Crippen LogP contribution in [0.4, 0.5) is 10.6 Å². The van der Waals surface area contributed by atoms with Gasteiger partial charge in [0.25, 0.3) is 0 Å². The molecule has 122 valence electrons. The van der Waals surface area contributed by atoms with E-state index in [4.69, 9.17) is 4.74 Å². The van der Waals surface area contributed by atoms with Gasteiger partial charge in [0.05, 0.1) is 0 Å².